The SMILES string of the molecule is CC(=O)N1c2ccc(C3=C(N)CC=CC=C3)cc2N(C(=O)C2CC2)CC1C. The van der Waals surface area contributed by atoms with Crippen LogP contribution < -0.4 is 15.5 Å². The average Bonchev–Trinajstić information content (AvgIpc) is 3.48. The highest BCUT2D eigenvalue weighted by molar-refractivity contribution is 6.06. The summed E-state index contributed by atoms with van der Waals surface area (Å²) in [5.74, 6) is 0.291. The van der Waals surface area contributed by atoms with Crippen molar-refractivity contribution in [3.8, 4) is 0 Å². The van der Waals surface area contributed by atoms with Crippen LogP contribution in [0.25, 0.3) is 5.57 Å². The Bertz CT molecular complexity index is 893. The number of benzene rings is 1. The molecule has 0 bridgehead atoms. The van der Waals surface area contributed by atoms with Gasteiger partial charge in [-0.15, -0.1) is 0 Å². The second-order valence-corrected chi connectivity index (χ2v) is 7.59. The largest absolute Gasteiger partial charge is 0.401 e. The van der Waals surface area contributed by atoms with Gasteiger partial charge in [-0.05, 0) is 37.5 Å². The Hall–Kier alpha value is -2.82. The fourth-order valence-electron chi connectivity index (χ4n) is 3.96. The summed E-state index contributed by atoms with van der Waals surface area (Å²) in [6.45, 7) is 4.09. The van der Waals surface area contributed by atoms with Crippen LogP contribution >= 0.6 is 0 Å². The van der Waals surface area contributed by atoms with Crippen LogP contribution in [0.3, 0.4) is 0 Å². The first kappa shape index (κ1) is 17.6. The molecule has 5 nitrogen and oxygen atoms in total. The Labute approximate surface area is 159 Å². The van der Waals surface area contributed by atoms with E-state index < -0.39 is 0 Å². The van der Waals surface area contributed by atoms with Crippen LogP contribution in [0.5, 0.6) is 0 Å². The van der Waals surface area contributed by atoms with Crippen LogP contribution in [0.2, 0.25) is 0 Å². The van der Waals surface area contributed by atoms with Crippen LogP contribution in [-0.4, -0.2) is 24.4 Å². The fourth-order valence-corrected chi connectivity index (χ4v) is 3.96. The molecule has 4 rings (SSSR count). The van der Waals surface area contributed by atoms with E-state index in [1.165, 1.54) is 0 Å². The van der Waals surface area contributed by atoms with E-state index in [1.807, 2.05) is 54.3 Å². The molecule has 27 heavy (non-hydrogen) atoms. The molecule has 5 heteroatoms. The van der Waals surface area contributed by atoms with Crippen molar-refractivity contribution in [3.05, 3.63) is 53.8 Å². The minimum atomic E-state index is -0.0465. The molecule has 1 aliphatic heterocycles. The van der Waals surface area contributed by atoms with Crippen molar-refractivity contribution in [2.75, 3.05) is 16.3 Å². The molecule has 0 radical (unpaired) electrons. The Morgan fingerprint density at radius 3 is 2.63 bits per heavy atom. The average molecular weight is 363 g/mol. The van der Waals surface area contributed by atoms with Crippen LogP contribution in [0.15, 0.2) is 48.2 Å². The molecule has 2 N–H and O–H groups in total. The standard InChI is InChI=1S/C22H25N3O2/c1-14-13-24(22(27)16-8-9-16)21-12-17(10-11-20(21)25(14)15(2)26)18-6-4-3-5-7-19(18)23/h3-6,10-12,14,16H,7-9,13,23H2,1-2H3. The highest BCUT2D eigenvalue weighted by atomic mass is 16.2. The number of amides is 2. The van der Waals surface area contributed by atoms with Gasteiger partial charge in [0, 0.05) is 37.1 Å². The molecule has 140 valence electrons. The molecule has 2 aliphatic carbocycles. The molecule has 1 aromatic carbocycles. The topological polar surface area (TPSA) is 66.6 Å². The predicted octanol–water partition coefficient (Wildman–Crippen LogP) is 3.37. The van der Waals surface area contributed by atoms with Crippen molar-refractivity contribution in [3.63, 3.8) is 0 Å². The zero-order chi connectivity index (χ0) is 19.1. The molecule has 1 unspecified atom stereocenters. The lowest BCUT2D eigenvalue weighted by Gasteiger charge is -2.41. The molecular formula is C22H25N3O2. The zero-order valence-corrected chi connectivity index (χ0v) is 15.8. The van der Waals surface area contributed by atoms with Crippen LogP contribution in [0.1, 0.15) is 38.7 Å². The molecule has 0 aromatic heterocycles. The van der Waals surface area contributed by atoms with Crippen molar-refractivity contribution in [2.45, 2.75) is 39.2 Å². The van der Waals surface area contributed by atoms with Crippen molar-refractivity contribution in [1.29, 1.82) is 0 Å². The van der Waals surface area contributed by atoms with Gasteiger partial charge in [-0.2, -0.15) is 0 Å². The maximum atomic E-state index is 12.9. The van der Waals surface area contributed by atoms with E-state index in [1.54, 1.807) is 11.8 Å². The molecule has 1 atom stereocenters. The lowest BCUT2D eigenvalue weighted by atomic mass is 9.98. The summed E-state index contributed by atoms with van der Waals surface area (Å²) in [6, 6.07) is 5.90. The Morgan fingerprint density at radius 1 is 1.15 bits per heavy atom. The van der Waals surface area contributed by atoms with Crippen LogP contribution in [0, 0.1) is 5.92 Å². The van der Waals surface area contributed by atoms with Crippen molar-refractivity contribution < 1.29 is 9.59 Å². The Kier molecular flexibility index (Phi) is 4.38. The summed E-state index contributed by atoms with van der Waals surface area (Å²) in [5.41, 5.74) is 10.6. The zero-order valence-electron chi connectivity index (χ0n) is 15.8. The fraction of sp³-hybridized carbons (Fsp3) is 0.364. The first-order chi connectivity index (χ1) is 13.0. The summed E-state index contributed by atoms with van der Waals surface area (Å²) in [6.07, 6.45) is 10.6. The Balaban J connectivity index is 1.82. The van der Waals surface area contributed by atoms with Crippen LogP contribution in [0.4, 0.5) is 11.4 Å². The smallest absolute Gasteiger partial charge is 0.230 e. The minimum Gasteiger partial charge on any atom is -0.401 e. The molecule has 1 fully saturated rings. The van der Waals surface area contributed by atoms with E-state index in [0.29, 0.717) is 13.0 Å². The summed E-state index contributed by atoms with van der Waals surface area (Å²) in [4.78, 5) is 28.8. The molecule has 1 heterocycles. The van der Waals surface area contributed by atoms with Crippen LogP contribution in [-0.2, 0) is 9.59 Å². The van der Waals surface area contributed by atoms with Gasteiger partial charge >= 0.3 is 0 Å². The number of nitrogens with zero attached hydrogens (tertiary/aromatic N) is 2. The monoisotopic (exact) mass is 363 g/mol. The third-order valence-corrected chi connectivity index (χ3v) is 5.45. The lowest BCUT2D eigenvalue weighted by Crippen LogP contribution is -2.51. The summed E-state index contributed by atoms with van der Waals surface area (Å²) in [7, 11) is 0. The van der Waals surface area contributed by atoms with Gasteiger partial charge in [0.05, 0.1) is 17.4 Å². The normalized spacial score (nSPS) is 21.9. The van der Waals surface area contributed by atoms with Gasteiger partial charge in [0.25, 0.3) is 0 Å². The van der Waals surface area contributed by atoms with Gasteiger partial charge in [0.15, 0.2) is 0 Å². The lowest BCUT2D eigenvalue weighted by molar-refractivity contribution is -0.120. The summed E-state index contributed by atoms with van der Waals surface area (Å²) in [5, 5.41) is 0. The van der Waals surface area contributed by atoms with E-state index >= 15 is 0 Å². The van der Waals surface area contributed by atoms with E-state index in [-0.39, 0.29) is 23.8 Å². The highest BCUT2D eigenvalue weighted by Gasteiger charge is 2.39. The first-order valence-electron chi connectivity index (χ1n) is 9.55. The minimum absolute atomic E-state index is 0.00712. The second-order valence-electron chi connectivity index (χ2n) is 7.59. The summed E-state index contributed by atoms with van der Waals surface area (Å²) < 4.78 is 0. The number of nitrogens with two attached hydrogens (primary N) is 1. The number of fused-ring (bicyclic) bond motifs is 1. The third kappa shape index (κ3) is 3.18. The number of hydrogen-bond donors (Lipinski definition) is 1. The van der Waals surface area contributed by atoms with Gasteiger partial charge in [-0.3, -0.25) is 9.59 Å². The predicted molar refractivity (Wildman–Crippen MR) is 108 cm³/mol. The maximum Gasteiger partial charge on any atom is 0.230 e. The van der Waals surface area contributed by atoms with Gasteiger partial charge in [0.2, 0.25) is 11.8 Å². The quantitative estimate of drug-likeness (QED) is 0.876. The number of hydrogen-bond acceptors (Lipinski definition) is 3. The van der Waals surface area contributed by atoms with Gasteiger partial charge in [-0.1, -0.05) is 30.4 Å². The molecular weight excluding hydrogens is 338 g/mol. The highest BCUT2D eigenvalue weighted by Crippen LogP contribution is 2.41. The maximum absolute atomic E-state index is 12.9. The number of allylic oxidation sites excluding steroid dienone is 5. The molecule has 3 aliphatic rings. The van der Waals surface area contributed by atoms with Gasteiger partial charge in [-0.25, -0.2) is 0 Å². The van der Waals surface area contributed by atoms with E-state index in [0.717, 1.165) is 41.1 Å². The molecule has 0 spiro atoms. The number of rotatable bonds is 2. The van der Waals surface area contributed by atoms with E-state index in [2.05, 4.69) is 0 Å². The number of anilines is 2. The third-order valence-electron chi connectivity index (χ3n) is 5.45. The first-order valence-corrected chi connectivity index (χ1v) is 9.55. The number of carbonyl (C=O) groups excluding carboxylic acids is 2. The van der Waals surface area contributed by atoms with Gasteiger partial charge < -0.3 is 15.5 Å². The molecule has 0 saturated heterocycles. The number of carbonyl (C=O) groups is 2. The van der Waals surface area contributed by atoms with Crippen molar-refractivity contribution in [1.82, 2.24) is 0 Å². The van der Waals surface area contributed by atoms with Crippen molar-refractivity contribution >= 4 is 28.8 Å². The van der Waals surface area contributed by atoms with Gasteiger partial charge in [0.1, 0.15) is 0 Å². The second kappa shape index (κ2) is 6.72. The van der Waals surface area contributed by atoms with E-state index in [4.69, 9.17) is 5.73 Å². The van der Waals surface area contributed by atoms with Crippen molar-refractivity contribution in [2.24, 2.45) is 11.7 Å². The van der Waals surface area contributed by atoms with E-state index in [9.17, 15) is 9.59 Å². The molecule has 1 aromatic rings. The molecule has 2 amide bonds. The summed E-state index contributed by atoms with van der Waals surface area (Å²) >= 11 is 0. The molecule has 1 saturated carbocycles. The Morgan fingerprint density at radius 2 is 1.93 bits per heavy atom.